The van der Waals surface area contributed by atoms with E-state index >= 15 is 0 Å². The van der Waals surface area contributed by atoms with E-state index in [1.165, 1.54) is 66.8 Å². The highest BCUT2D eigenvalue weighted by Gasteiger charge is 2.16. The van der Waals surface area contributed by atoms with Gasteiger partial charge in [0.15, 0.2) is 0 Å². The molecule has 0 radical (unpaired) electrons. The van der Waals surface area contributed by atoms with Crippen molar-refractivity contribution in [1.82, 2.24) is 0 Å². The van der Waals surface area contributed by atoms with E-state index in [0.717, 1.165) is 56.4 Å². The van der Waals surface area contributed by atoms with E-state index < -0.39 is 0 Å². The molecule has 2 heteroatoms. The maximum Gasteiger partial charge on any atom is 0.0462 e. The lowest BCUT2D eigenvalue weighted by molar-refractivity contribution is 1.28. The van der Waals surface area contributed by atoms with Gasteiger partial charge in [-0.05, 0) is 165 Å². The summed E-state index contributed by atoms with van der Waals surface area (Å²) < 4.78 is 0. The SMILES string of the molecule is Cc1ccc(-c2ccc(N(c3ccc(C=CC=CC=C(c4ccccc4)c4ccccc4)cc3)c3ccc(-c4ccc(N(c5ccc(C=CC=C(c6ccccc6)c6ccccc6)cc5)c5ccc(-c6ccc(C)cc6)cc5)cc4)cc3)cc2)cc1. The van der Waals surface area contributed by atoms with Crippen LogP contribution in [0.15, 0.2) is 352 Å². The van der Waals surface area contributed by atoms with E-state index in [2.05, 4.69) is 388 Å². The molecule has 0 bridgehead atoms. The van der Waals surface area contributed by atoms with Crippen LogP contribution in [-0.4, -0.2) is 0 Å². The van der Waals surface area contributed by atoms with Crippen LogP contribution in [0.3, 0.4) is 0 Å². The molecule has 86 heavy (non-hydrogen) atoms. The monoisotopic (exact) mass is 1100 g/mol. The van der Waals surface area contributed by atoms with E-state index in [1.807, 2.05) is 0 Å². The first-order valence-corrected chi connectivity index (χ1v) is 29.5. The molecule has 0 atom stereocenters. The smallest absolute Gasteiger partial charge is 0.0462 e. The molecule has 0 saturated carbocycles. The fraction of sp³-hybridized carbons (Fsp3) is 0.0238. The molecule has 0 aromatic heterocycles. The molecule has 0 amide bonds. The zero-order valence-corrected chi connectivity index (χ0v) is 48.5. The van der Waals surface area contributed by atoms with Crippen LogP contribution in [0, 0.1) is 13.8 Å². The van der Waals surface area contributed by atoms with Crippen molar-refractivity contribution in [3.8, 4) is 33.4 Å². The van der Waals surface area contributed by atoms with Crippen molar-refractivity contribution in [1.29, 1.82) is 0 Å². The summed E-state index contributed by atoms with van der Waals surface area (Å²) in [6, 6.07) is 113. The van der Waals surface area contributed by atoms with Gasteiger partial charge in [0.1, 0.15) is 0 Å². The zero-order chi connectivity index (χ0) is 58.3. The van der Waals surface area contributed by atoms with Crippen LogP contribution in [-0.2, 0) is 0 Å². The quantitative estimate of drug-likeness (QED) is 0.0790. The second kappa shape index (κ2) is 26.9. The Kier molecular flexibility index (Phi) is 17.3. The molecule has 12 aromatic rings. The summed E-state index contributed by atoms with van der Waals surface area (Å²) in [5.74, 6) is 0. The molecular weight excluding hydrogens is 1040 g/mol. The van der Waals surface area contributed by atoms with Crippen LogP contribution in [0.2, 0.25) is 0 Å². The summed E-state index contributed by atoms with van der Waals surface area (Å²) in [5, 5.41) is 0. The zero-order valence-electron chi connectivity index (χ0n) is 48.5. The number of rotatable bonds is 18. The molecule has 0 aliphatic carbocycles. The molecule has 0 spiro atoms. The number of hydrogen-bond donors (Lipinski definition) is 0. The molecule has 0 unspecified atom stereocenters. The predicted octanol–water partition coefficient (Wildman–Crippen LogP) is 23.1. The van der Waals surface area contributed by atoms with Crippen LogP contribution in [0.4, 0.5) is 34.1 Å². The highest BCUT2D eigenvalue weighted by atomic mass is 15.1. The highest BCUT2D eigenvalue weighted by molar-refractivity contribution is 5.85. The Morgan fingerprint density at radius 3 is 0.733 bits per heavy atom. The van der Waals surface area contributed by atoms with Gasteiger partial charge in [-0.3, -0.25) is 0 Å². The summed E-state index contributed by atoms with van der Waals surface area (Å²) in [7, 11) is 0. The minimum absolute atomic E-state index is 1.07. The number of aryl methyl sites for hydroxylation is 2. The van der Waals surface area contributed by atoms with E-state index in [1.54, 1.807) is 0 Å². The summed E-state index contributed by atoms with van der Waals surface area (Å²) in [4.78, 5) is 4.68. The number of allylic oxidation sites excluding steroid dienone is 6. The molecular formula is C84H66N2. The van der Waals surface area contributed by atoms with Crippen molar-refractivity contribution in [2.24, 2.45) is 0 Å². The van der Waals surface area contributed by atoms with Gasteiger partial charge in [0.25, 0.3) is 0 Å². The summed E-state index contributed by atoms with van der Waals surface area (Å²) in [6.07, 6.45) is 17.2. The third kappa shape index (κ3) is 13.5. The second-order valence-electron chi connectivity index (χ2n) is 21.5. The average molecular weight is 1100 g/mol. The molecule has 0 saturated heterocycles. The van der Waals surface area contributed by atoms with Crippen molar-refractivity contribution in [3.63, 3.8) is 0 Å². The Morgan fingerprint density at radius 2 is 0.453 bits per heavy atom. The van der Waals surface area contributed by atoms with Crippen LogP contribution >= 0.6 is 0 Å². The minimum atomic E-state index is 1.07. The lowest BCUT2D eigenvalue weighted by Gasteiger charge is -2.26. The van der Waals surface area contributed by atoms with E-state index in [4.69, 9.17) is 0 Å². The van der Waals surface area contributed by atoms with Crippen molar-refractivity contribution in [2.75, 3.05) is 9.80 Å². The topological polar surface area (TPSA) is 6.48 Å². The number of nitrogens with zero attached hydrogens (tertiary/aromatic N) is 2. The fourth-order valence-corrected chi connectivity index (χ4v) is 10.9. The van der Waals surface area contributed by atoms with E-state index in [-0.39, 0.29) is 0 Å². The molecule has 412 valence electrons. The van der Waals surface area contributed by atoms with Crippen LogP contribution < -0.4 is 9.80 Å². The molecule has 12 rings (SSSR count). The third-order valence-corrected chi connectivity index (χ3v) is 15.6. The van der Waals surface area contributed by atoms with E-state index in [0.29, 0.717) is 0 Å². The van der Waals surface area contributed by atoms with Crippen molar-refractivity contribution in [3.05, 3.63) is 396 Å². The Morgan fingerprint density at radius 1 is 0.221 bits per heavy atom. The van der Waals surface area contributed by atoms with Crippen molar-refractivity contribution < 1.29 is 0 Å². The summed E-state index contributed by atoms with van der Waals surface area (Å²) in [5.41, 5.74) is 25.4. The highest BCUT2D eigenvalue weighted by Crippen LogP contribution is 2.40. The average Bonchev–Trinajstić information content (AvgIpc) is 2.58. The van der Waals surface area contributed by atoms with Gasteiger partial charge in [0.05, 0.1) is 0 Å². The lowest BCUT2D eigenvalue weighted by Crippen LogP contribution is -2.10. The Hall–Kier alpha value is -11.1. The molecule has 0 aliphatic heterocycles. The number of hydrogen-bond acceptors (Lipinski definition) is 2. The first kappa shape index (κ1) is 55.5. The van der Waals surface area contributed by atoms with Gasteiger partial charge in [0, 0.05) is 34.1 Å². The number of anilines is 6. The normalized spacial score (nSPS) is 11.2. The first-order valence-electron chi connectivity index (χ1n) is 29.5. The van der Waals surface area contributed by atoms with Gasteiger partial charge in [-0.15, -0.1) is 0 Å². The predicted molar refractivity (Wildman–Crippen MR) is 369 cm³/mol. The molecule has 2 nitrogen and oxygen atoms in total. The Bertz CT molecular complexity index is 4190. The first-order chi connectivity index (χ1) is 42.5. The minimum Gasteiger partial charge on any atom is -0.311 e. The van der Waals surface area contributed by atoms with Crippen molar-refractivity contribution >= 4 is 57.4 Å². The van der Waals surface area contributed by atoms with Gasteiger partial charge < -0.3 is 9.80 Å². The van der Waals surface area contributed by atoms with Crippen LogP contribution in [0.25, 0.3) is 56.7 Å². The number of benzene rings is 12. The van der Waals surface area contributed by atoms with Gasteiger partial charge in [-0.25, -0.2) is 0 Å². The molecule has 0 N–H and O–H groups in total. The van der Waals surface area contributed by atoms with Gasteiger partial charge >= 0.3 is 0 Å². The Balaban J connectivity index is 0.812. The van der Waals surface area contributed by atoms with Gasteiger partial charge in [-0.1, -0.05) is 302 Å². The standard InChI is InChI=1S/C84H66N2/c1-63-31-39-67(40-32-63)69-43-55-79(56-44-69)85(77-51-35-65(36-52-77)19-8-3-17-29-83(73-21-9-4-10-22-73)74-23-11-5-12-24-74)81-59-47-71(48-60-81)72-49-61-82(62-50-72)86(80-57-45-70(46-58-80)68-41-33-64(2)34-42-68)78-53-37-66(38-54-78)20-18-30-84(75-25-13-6-14-26-75)76-27-15-7-16-28-76/h3-62H,1-2H3. The second-order valence-corrected chi connectivity index (χ2v) is 21.5. The summed E-state index contributed by atoms with van der Waals surface area (Å²) >= 11 is 0. The van der Waals surface area contributed by atoms with Crippen LogP contribution in [0.1, 0.15) is 44.5 Å². The van der Waals surface area contributed by atoms with Gasteiger partial charge in [-0.2, -0.15) is 0 Å². The summed E-state index contributed by atoms with van der Waals surface area (Å²) in [6.45, 7) is 4.26. The van der Waals surface area contributed by atoms with Crippen molar-refractivity contribution in [2.45, 2.75) is 13.8 Å². The van der Waals surface area contributed by atoms with Crippen LogP contribution in [0.5, 0.6) is 0 Å². The largest absolute Gasteiger partial charge is 0.311 e. The fourth-order valence-electron chi connectivity index (χ4n) is 10.9. The third-order valence-electron chi connectivity index (χ3n) is 15.6. The maximum atomic E-state index is 2.34. The van der Waals surface area contributed by atoms with Gasteiger partial charge in [0.2, 0.25) is 0 Å². The molecule has 0 fully saturated rings. The maximum absolute atomic E-state index is 2.34. The molecule has 12 aromatic carbocycles. The lowest BCUT2D eigenvalue weighted by atomic mass is 9.97. The molecule has 0 aliphatic rings. The van der Waals surface area contributed by atoms with E-state index in [9.17, 15) is 0 Å². The Labute approximate surface area is 508 Å². The molecule has 0 heterocycles.